The zero-order valence-electron chi connectivity index (χ0n) is 9.61. The minimum Gasteiger partial charge on any atom is -0.370 e. The van der Waals surface area contributed by atoms with Gasteiger partial charge < -0.3 is 10.2 Å². The number of fused-ring (bicyclic) bond motifs is 1. The fourth-order valence-corrected chi connectivity index (χ4v) is 2.72. The first-order chi connectivity index (χ1) is 7.90. The Hall–Kier alpha value is -1.51. The van der Waals surface area contributed by atoms with E-state index in [9.17, 15) is 0 Å². The summed E-state index contributed by atoms with van der Waals surface area (Å²) in [6.45, 7) is 5.19. The molecule has 0 bridgehead atoms. The molecule has 3 nitrogen and oxygen atoms in total. The van der Waals surface area contributed by atoms with Gasteiger partial charge in [-0.05, 0) is 18.6 Å². The highest BCUT2D eigenvalue weighted by Gasteiger charge is 2.32. The number of amidine groups is 1. The van der Waals surface area contributed by atoms with E-state index in [-0.39, 0.29) is 0 Å². The van der Waals surface area contributed by atoms with Crippen molar-refractivity contribution in [3.63, 3.8) is 0 Å². The van der Waals surface area contributed by atoms with E-state index in [2.05, 4.69) is 46.4 Å². The van der Waals surface area contributed by atoms with Gasteiger partial charge in [0.2, 0.25) is 0 Å². The molecule has 0 aliphatic carbocycles. The average Bonchev–Trinajstić information content (AvgIpc) is 2.95. The number of likely N-dealkylation sites (N-methyl/N-ethyl adjacent to an activating group) is 1. The second-order valence-corrected chi connectivity index (χ2v) is 4.33. The third-order valence-corrected chi connectivity index (χ3v) is 3.45. The molecule has 0 saturated heterocycles. The Balaban J connectivity index is 1.94. The molecule has 0 saturated carbocycles. The Labute approximate surface area is 96.2 Å². The third kappa shape index (κ3) is 1.39. The first-order valence-corrected chi connectivity index (χ1v) is 6.03. The molecule has 1 atom stereocenters. The number of nitrogens with zero attached hydrogens (tertiary/aromatic N) is 2. The van der Waals surface area contributed by atoms with Crippen molar-refractivity contribution in [2.75, 3.05) is 24.5 Å². The third-order valence-electron chi connectivity index (χ3n) is 3.45. The molecule has 0 spiro atoms. The van der Waals surface area contributed by atoms with Gasteiger partial charge in [0, 0.05) is 25.2 Å². The van der Waals surface area contributed by atoms with Crippen LogP contribution in [0.2, 0.25) is 0 Å². The molecule has 0 radical (unpaired) electrons. The van der Waals surface area contributed by atoms with Gasteiger partial charge in [-0.2, -0.15) is 0 Å². The smallest absolute Gasteiger partial charge is 0.120 e. The van der Waals surface area contributed by atoms with Gasteiger partial charge in [0.15, 0.2) is 0 Å². The summed E-state index contributed by atoms with van der Waals surface area (Å²) < 4.78 is 0. The van der Waals surface area contributed by atoms with Gasteiger partial charge >= 0.3 is 0 Å². The monoisotopic (exact) mass is 215 g/mol. The van der Waals surface area contributed by atoms with E-state index in [1.165, 1.54) is 17.1 Å². The maximum atomic E-state index is 4.56. The first-order valence-electron chi connectivity index (χ1n) is 6.03. The van der Waals surface area contributed by atoms with Crippen LogP contribution in [0.5, 0.6) is 0 Å². The summed E-state index contributed by atoms with van der Waals surface area (Å²) >= 11 is 0. The lowest BCUT2D eigenvalue weighted by atomic mass is 10.1. The molecule has 2 aliphatic heterocycles. The zero-order valence-corrected chi connectivity index (χ0v) is 9.61. The molecule has 0 unspecified atom stereocenters. The molecule has 3 rings (SSSR count). The highest BCUT2D eigenvalue weighted by Crippen LogP contribution is 2.32. The standard InChI is InChI=1S/C13H17N3/c1-2-16-11-6-4-3-5-10(11)9-12(16)13-14-7-8-15-13/h3-6,12H,2,7-9H2,1H3,(H,14,15)/t12-/m0/s1. The van der Waals surface area contributed by atoms with E-state index in [0.717, 1.165) is 26.1 Å². The Bertz CT molecular complexity index is 425. The lowest BCUT2D eigenvalue weighted by Gasteiger charge is -2.26. The quantitative estimate of drug-likeness (QED) is 0.808. The molecule has 84 valence electrons. The van der Waals surface area contributed by atoms with Crippen molar-refractivity contribution in [1.29, 1.82) is 0 Å². The summed E-state index contributed by atoms with van der Waals surface area (Å²) in [4.78, 5) is 7.01. The molecule has 2 aliphatic rings. The Kier molecular flexibility index (Phi) is 2.31. The second-order valence-electron chi connectivity index (χ2n) is 4.33. The van der Waals surface area contributed by atoms with Gasteiger partial charge in [-0.1, -0.05) is 18.2 Å². The Morgan fingerprint density at radius 2 is 2.31 bits per heavy atom. The van der Waals surface area contributed by atoms with Crippen LogP contribution in [-0.2, 0) is 6.42 Å². The van der Waals surface area contributed by atoms with Crippen LogP contribution in [-0.4, -0.2) is 31.5 Å². The predicted molar refractivity (Wildman–Crippen MR) is 67.3 cm³/mol. The van der Waals surface area contributed by atoms with Gasteiger partial charge in [0.25, 0.3) is 0 Å². The SMILES string of the molecule is CCN1c2ccccc2C[C@H]1C1=NCCN1. The van der Waals surface area contributed by atoms with Crippen LogP contribution < -0.4 is 10.2 Å². The van der Waals surface area contributed by atoms with Gasteiger partial charge in [0.1, 0.15) is 5.84 Å². The summed E-state index contributed by atoms with van der Waals surface area (Å²) in [5.41, 5.74) is 2.83. The number of nitrogens with one attached hydrogen (secondary N) is 1. The van der Waals surface area contributed by atoms with Crippen LogP contribution in [0.1, 0.15) is 12.5 Å². The van der Waals surface area contributed by atoms with Crippen molar-refractivity contribution in [2.45, 2.75) is 19.4 Å². The number of hydrogen-bond acceptors (Lipinski definition) is 3. The van der Waals surface area contributed by atoms with Crippen molar-refractivity contribution in [3.05, 3.63) is 29.8 Å². The van der Waals surface area contributed by atoms with E-state index >= 15 is 0 Å². The van der Waals surface area contributed by atoms with E-state index in [0.29, 0.717) is 6.04 Å². The average molecular weight is 215 g/mol. The number of benzene rings is 1. The Morgan fingerprint density at radius 3 is 3.06 bits per heavy atom. The molecule has 0 aromatic heterocycles. The fourth-order valence-electron chi connectivity index (χ4n) is 2.72. The van der Waals surface area contributed by atoms with Crippen molar-refractivity contribution < 1.29 is 0 Å². The van der Waals surface area contributed by atoms with E-state index in [1.54, 1.807) is 0 Å². The minimum absolute atomic E-state index is 0.435. The van der Waals surface area contributed by atoms with Crippen molar-refractivity contribution in [2.24, 2.45) is 4.99 Å². The molecule has 1 aromatic rings. The van der Waals surface area contributed by atoms with Crippen molar-refractivity contribution in [3.8, 4) is 0 Å². The highest BCUT2D eigenvalue weighted by atomic mass is 15.2. The lowest BCUT2D eigenvalue weighted by Crippen LogP contribution is -2.43. The number of para-hydroxylation sites is 1. The normalized spacial score (nSPS) is 22.9. The Morgan fingerprint density at radius 1 is 1.44 bits per heavy atom. The molecular weight excluding hydrogens is 198 g/mol. The zero-order chi connectivity index (χ0) is 11.0. The molecule has 2 heterocycles. The van der Waals surface area contributed by atoms with Gasteiger partial charge in [0.05, 0.1) is 12.6 Å². The topological polar surface area (TPSA) is 27.6 Å². The van der Waals surface area contributed by atoms with E-state index < -0.39 is 0 Å². The summed E-state index contributed by atoms with van der Waals surface area (Å²) in [6.07, 6.45) is 1.09. The minimum atomic E-state index is 0.435. The maximum absolute atomic E-state index is 4.56. The van der Waals surface area contributed by atoms with Gasteiger partial charge in [-0.3, -0.25) is 4.99 Å². The molecular formula is C13H17N3. The van der Waals surface area contributed by atoms with Crippen LogP contribution >= 0.6 is 0 Å². The summed E-state index contributed by atoms with van der Waals surface area (Å²) in [6, 6.07) is 9.12. The first kappa shape index (κ1) is 9.70. The molecule has 1 aromatic carbocycles. The van der Waals surface area contributed by atoms with Crippen molar-refractivity contribution >= 4 is 11.5 Å². The molecule has 3 heteroatoms. The number of hydrogen-bond donors (Lipinski definition) is 1. The number of aliphatic imine (C=N–C) groups is 1. The number of rotatable bonds is 2. The molecule has 0 fully saturated rings. The van der Waals surface area contributed by atoms with Crippen LogP contribution in [0.4, 0.5) is 5.69 Å². The second kappa shape index (κ2) is 3.81. The van der Waals surface area contributed by atoms with E-state index in [1.807, 2.05) is 0 Å². The van der Waals surface area contributed by atoms with Crippen LogP contribution in [0.25, 0.3) is 0 Å². The maximum Gasteiger partial charge on any atom is 0.120 e. The molecule has 0 amide bonds. The van der Waals surface area contributed by atoms with Crippen LogP contribution in [0, 0.1) is 0 Å². The van der Waals surface area contributed by atoms with Crippen LogP contribution in [0.3, 0.4) is 0 Å². The molecule has 1 N–H and O–H groups in total. The lowest BCUT2D eigenvalue weighted by molar-refractivity contribution is 0.761. The van der Waals surface area contributed by atoms with Gasteiger partial charge in [-0.15, -0.1) is 0 Å². The predicted octanol–water partition coefficient (Wildman–Crippen LogP) is 1.44. The fraction of sp³-hybridized carbons (Fsp3) is 0.462. The number of anilines is 1. The van der Waals surface area contributed by atoms with Gasteiger partial charge in [-0.25, -0.2) is 0 Å². The largest absolute Gasteiger partial charge is 0.370 e. The molecule has 16 heavy (non-hydrogen) atoms. The van der Waals surface area contributed by atoms with Crippen molar-refractivity contribution in [1.82, 2.24) is 5.32 Å². The van der Waals surface area contributed by atoms with E-state index in [4.69, 9.17) is 0 Å². The summed E-state index contributed by atoms with van der Waals surface area (Å²) in [5, 5.41) is 3.41. The van der Waals surface area contributed by atoms with Crippen LogP contribution in [0.15, 0.2) is 29.3 Å². The summed E-state index contributed by atoms with van der Waals surface area (Å²) in [5.74, 6) is 1.18. The highest BCUT2D eigenvalue weighted by molar-refractivity contribution is 5.93. The summed E-state index contributed by atoms with van der Waals surface area (Å²) in [7, 11) is 0.